The van der Waals surface area contributed by atoms with E-state index in [-0.39, 0.29) is 13.0 Å². The van der Waals surface area contributed by atoms with Crippen molar-refractivity contribution >= 4 is 0 Å². The second-order valence-corrected chi connectivity index (χ2v) is 4.65. The molecule has 1 N–H and O–H groups in total. The Labute approximate surface area is 104 Å². The van der Waals surface area contributed by atoms with Crippen LogP contribution in [0.2, 0.25) is 0 Å². The minimum atomic E-state index is -4.38. The van der Waals surface area contributed by atoms with Crippen molar-refractivity contribution in [1.29, 1.82) is 0 Å². The Hall–Kier alpha value is -1.07. The average molecular weight is 259 g/mol. The van der Waals surface area contributed by atoms with Crippen LogP contribution in [0.3, 0.4) is 0 Å². The van der Waals surface area contributed by atoms with E-state index in [2.05, 4.69) is 0 Å². The average Bonchev–Trinajstić information content (AvgIpc) is 2.28. The number of benzene rings is 1. The molecule has 1 fully saturated rings. The fraction of sp³-hybridized carbons (Fsp3) is 0.538. The van der Waals surface area contributed by atoms with Gasteiger partial charge in [0, 0.05) is 6.54 Å². The van der Waals surface area contributed by atoms with E-state index >= 15 is 0 Å². The van der Waals surface area contributed by atoms with Crippen LogP contribution in [0.15, 0.2) is 30.3 Å². The molecule has 0 bridgehead atoms. The molecular weight excluding hydrogens is 243 g/mol. The second kappa shape index (κ2) is 5.28. The highest BCUT2D eigenvalue weighted by Gasteiger charge is 2.49. The van der Waals surface area contributed by atoms with Gasteiger partial charge in [-0.25, -0.2) is 0 Å². The molecule has 1 aliphatic rings. The van der Waals surface area contributed by atoms with Crippen LogP contribution in [0.25, 0.3) is 0 Å². The number of piperidine rings is 1. The molecule has 2 nitrogen and oxygen atoms in total. The third kappa shape index (κ3) is 3.03. The molecule has 2 atom stereocenters. The smallest absolute Gasteiger partial charge is 0.391 e. The van der Waals surface area contributed by atoms with E-state index in [1.807, 2.05) is 6.07 Å². The van der Waals surface area contributed by atoms with E-state index in [0.717, 1.165) is 5.56 Å². The molecule has 0 radical (unpaired) electrons. The minimum absolute atomic E-state index is 0.218. The molecule has 100 valence electrons. The predicted octanol–water partition coefficient (Wildman–Crippen LogP) is 2.57. The van der Waals surface area contributed by atoms with Gasteiger partial charge >= 0.3 is 6.18 Å². The van der Waals surface area contributed by atoms with Crippen molar-refractivity contribution in [2.75, 3.05) is 6.54 Å². The zero-order valence-electron chi connectivity index (χ0n) is 9.90. The second-order valence-electron chi connectivity index (χ2n) is 4.65. The SMILES string of the molecule is O[C@@H]1CCCN(Cc2ccccc2)[C@@H]1C(F)(F)F. The Morgan fingerprint density at radius 3 is 2.50 bits per heavy atom. The number of hydrogen-bond acceptors (Lipinski definition) is 2. The predicted molar refractivity (Wildman–Crippen MR) is 61.9 cm³/mol. The van der Waals surface area contributed by atoms with Crippen LogP contribution < -0.4 is 0 Å². The molecule has 1 aromatic carbocycles. The van der Waals surface area contributed by atoms with E-state index in [1.54, 1.807) is 24.3 Å². The number of aliphatic hydroxyl groups excluding tert-OH is 1. The molecule has 0 amide bonds. The Bertz CT molecular complexity index is 380. The van der Waals surface area contributed by atoms with Crippen molar-refractivity contribution in [3.05, 3.63) is 35.9 Å². The topological polar surface area (TPSA) is 23.5 Å². The standard InChI is InChI=1S/C13H16F3NO/c14-13(15,16)12-11(18)7-4-8-17(12)9-10-5-2-1-3-6-10/h1-3,5-6,11-12,18H,4,7-9H2/t11-,12+/m1/s1. The fourth-order valence-electron chi connectivity index (χ4n) is 2.46. The van der Waals surface area contributed by atoms with E-state index in [4.69, 9.17) is 0 Å². The first-order chi connectivity index (χ1) is 8.48. The lowest BCUT2D eigenvalue weighted by atomic mass is 9.97. The summed E-state index contributed by atoms with van der Waals surface area (Å²) in [6.07, 6.45) is -4.88. The first-order valence-electron chi connectivity index (χ1n) is 6.01. The number of likely N-dealkylation sites (tertiary alicyclic amines) is 1. The summed E-state index contributed by atoms with van der Waals surface area (Å²) in [5.74, 6) is 0. The van der Waals surface area contributed by atoms with Gasteiger partial charge in [-0.1, -0.05) is 30.3 Å². The van der Waals surface area contributed by atoms with Gasteiger partial charge in [0.2, 0.25) is 0 Å². The minimum Gasteiger partial charge on any atom is -0.391 e. The summed E-state index contributed by atoms with van der Waals surface area (Å²) in [4.78, 5) is 1.32. The van der Waals surface area contributed by atoms with Crippen molar-refractivity contribution in [1.82, 2.24) is 4.90 Å². The normalized spacial score (nSPS) is 26.2. The van der Waals surface area contributed by atoms with Gasteiger partial charge in [0.05, 0.1) is 6.10 Å². The van der Waals surface area contributed by atoms with Gasteiger partial charge in [0.1, 0.15) is 6.04 Å². The van der Waals surface area contributed by atoms with E-state index in [9.17, 15) is 18.3 Å². The fourth-order valence-corrected chi connectivity index (χ4v) is 2.46. The highest BCUT2D eigenvalue weighted by Crippen LogP contribution is 2.33. The van der Waals surface area contributed by atoms with E-state index in [0.29, 0.717) is 13.0 Å². The Morgan fingerprint density at radius 1 is 1.22 bits per heavy atom. The number of hydrogen-bond donors (Lipinski definition) is 1. The van der Waals surface area contributed by atoms with Crippen LogP contribution in [-0.2, 0) is 6.54 Å². The Kier molecular flexibility index (Phi) is 3.92. The van der Waals surface area contributed by atoms with Gasteiger partial charge in [0.15, 0.2) is 0 Å². The maximum absolute atomic E-state index is 12.9. The quantitative estimate of drug-likeness (QED) is 0.882. The van der Waals surface area contributed by atoms with Crippen LogP contribution >= 0.6 is 0 Å². The first kappa shape index (κ1) is 13.4. The molecule has 2 rings (SSSR count). The van der Waals surface area contributed by atoms with Gasteiger partial charge in [-0.15, -0.1) is 0 Å². The van der Waals surface area contributed by atoms with Gasteiger partial charge in [-0.2, -0.15) is 13.2 Å². The van der Waals surface area contributed by atoms with Crippen LogP contribution in [0.4, 0.5) is 13.2 Å². The maximum atomic E-state index is 12.9. The van der Waals surface area contributed by atoms with Gasteiger partial charge < -0.3 is 5.11 Å². The summed E-state index contributed by atoms with van der Waals surface area (Å²) in [6.45, 7) is 0.595. The van der Waals surface area contributed by atoms with Crippen molar-refractivity contribution in [3.63, 3.8) is 0 Å². The third-order valence-corrected chi connectivity index (χ3v) is 3.27. The first-order valence-corrected chi connectivity index (χ1v) is 6.01. The molecule has 1 aliphatic heterocycles. The molecule has 0 aliphatic carbocycles. The lowest BCUT2D eigenvalue weighted by Gasteiger charge is -2.39. The Morgan fingerprint density at radius 2 is 1.89 bits per heavy atom. The Balaban J connectivity index is 2.14. The summed E-state index contributed by atoms with van der Waals surface area (Å²) < 4.78 is 38.8. The zero-order valence-corrected chi connectivity index (χ0v) is 9.90. The molecule has 5 heteroatoms. The molecule has 0 spiro atoms. The summed E-state index contributed by atoms with van der Waals surface area (Å²) in [5, 5.41) is 9.59. The highest BCUT2D eigenvalue weighted by atomic mass is 19.4. The molecule has 1 aromatic rings. The van der Waals surface area contributed by atoms with Crippen LogP contribution in [0.5, 0.6) is 0 Å². The molecule has 0 aromatic heterocycles. The summed E-state index contributed by atoms with van der Waals surface area (Å²) >= 11 is 0. The van der Waals surface area contributed by atoms with Gasteiger partial charge in [0.25, 0.3) is 0 Å². The zero-order chi connectivity index (χ0) is 13.2. The summed E-state index contributed by atoms with van der Waals surface area (Å²) in [7, 11) is 0. The third-order valence-electron chi connectivity index (χ3n) is 3.27. The number of rotatable bonds is 2. The number of halogens is 3. The lowest BCUT2D eigenvalue weighted by Crippen LogP contribution is -2.55. The molecule has 18 heavy (non-hydrogen) atoms. The van der Waals surface area contributed by atoms with Crippen LogP contribution in [-0.4, -0.2) is 34.9 Å². The van der Waals surface area contributed by atoms with Crippen LogP contribution in [0.1, 0.15) is 18.4 Å². The number of nitrogens with zero attached hydrogens (tertiary/aromatic N) is 1. The van der Waals surface area contributed by atoms with E-state index < -0.39 is 18.3 Å². The molecule has 0 saturated carbocycles. The maximum Gasteiger partial charge on any atom is 0.406 e. The highest BCUT2D eigenvalue weighted by molar-refractivity contribution is 5.15. The monoisotopic (exact) mass is 259 g/mol. The van der Waals surface area contributed by atoms with Crippen LogP contribution in [0, 0.1) is 0 Å². The number of aliphatic hydroxyl groups is 1. The molecule has 1 heterocycles. The molecule has 1 saturated heterocycles. The van der Waals surface area contributed by atoms with E-state index in [1.165, 1.54) is 4.90 Å². The van der Waals surface area contributed by atoms with Gasteiger partial charge in [-0.3, -0.25) is 4.90 Å². The van der Waals surface area contributed by atoms with Crippen molar-refractivity contribution in [3.8, 4) is 0 Å². The van der Waals surface area contributed by atoms with Crippen molar-refractivity contribution in [2.45, 2.75) is 37.7 Å². The van der Waals surface area contributed by atoms with Crippen molar-refractivity contribution in [2.24, 2.45) is 0 Å². The lowest BCUT2D eigenvalue weighted by molar-refractivity contribution is -0.218. The summed E-state index contributed by atoms with van der Waals surface area (Å²) in [5.41, 5.74) is 0.834. The molecule has 0 unspecified atom stereocenters. The molecular formula is C13H16F3NO. The number of alkyl halides is 3. The van der Waals surface area contributed by atoms with Crippen molar-refractivity contribution < 1.29 is 18.3 Å². The summed E-state index contributed by atoms with van der Waals surface area (Å²) in [6, 6.07) is 7.29. The van der Waals surface area contributed by atoms with Gasteiger partial charge in [-0.05, 0) is 24.9 Å². The largest absolute Gasteiger partial charge is 0.406 e.